The molecule has 33 heavy (non-hydrogen) atoms. The van der Waals surface area contributed by atoms with Crippen molar-refractivity contribution in [1.82, 2.24) is 10.4 Å². The van der Waals surface area contributed by atoms with Crippen molar-refractivity contribution in [1.29, 1.82) is 0 Å². The molecule has 1 fully saturated rings. The number of hydrogen-bond donors (Lipinski definition) is 6. The third-order valence-electron chi connectivity index (χ3n) is 6.85. The Morgan fingerprint density at radius 3 is 2.36 bits per heavy atom. The first-order valence-corrected chi connectivity index (χ1v) is 10.1. The van der Waals surface area contributed by atoms with Gasteiger partial charge in [-0.1, -0.05) is 12.1 Å². The molecule has 2 aromatic carbocycles. The minimum atomic E-state index is -2.97. The van der Waals surface area contributed by atoms with E-state index in [0.717, 1.165) is 0 Å². The van der Waals surface area contributed by atoms with Crippen LogP contribution in [-0.4, -0.2) is 74.4 Å². The standard InChI is InChI=1S/C22H23N3O8/c1-7-8-5-4-6-9(26)11(8)17(27)12-10(7)15(24-33)14-16(25(2)3)18(28)13(21(23)31)20(30)22(14,32)19(12)29/h4-6,13-16,24,26-27,32-33H,1-3H3,(H2,23,31)/t13?,14-,15-,16-,22-/m0/s1. The fourth-order valence-electron chi connectivity index (χ4n) is 5.44. The molecule has 11 heteroatoms. The number of hydrogen-bond acceptors (Lipinski definition) is 10. The highest BCUT2D eigenvalue weighted by molar-refractivity contribution is 6.33. The first kappa shape index (κ1) is 22.8. The predicted molar refractivity (Wildman–Crippen MR) is 113 cm³/mol. The Hall–Kier alpha value is -3.38. The van der Waals surface area contributed by atoms with Gasteiger partial charge in [0, 0.05) is 5.92 Å². The molecule has 7 N–H and O–H groups in total. The monoisotopic (exact) mass is 457 g/mol. The predicted octanol–water partition coefficient (Wildman–Crippen LogP) is -0.694. The molecular formula is C22H23N3O8. The second-order valence-electron chi connectivity index (χ2n) is 8.70. The van der Waals surface area contributed by atoms with Gasteiger partial charge >= 0.3 is 0 Å². The molecule has 2 aliphatic carbocycles. The molecule has 0 heterocycles. The van der Waals surface area contributed by atoms with Gasteiger partial charge in [0.15, 0.2) is 23.1 Å². The Morgan fingerprint density at radius 1 is 1.18 bits per heavy atom. The number of rotatable bonds is 3. The van der Waals surface area contributed by atoms with Crippen molar-refractivity contribution in [3.8, 4) is 11.5 Å². The smallest absolute Gasteiger partial charge is 0.235 e. The molecule has 2 aromatic rings. The number of benzene rings is 2. The van der Waals surface area contributed by atoms with Crippen molar-refractivity contribution in [2.24, 2.45) is 17.6 Å². The van der Waals surface area contributed by atoms with Crippen molar-refractivity contribution in [3.05, 3.63) is 34.9 Å². The highest BCUT2D eigenvalue weighted by atomic mass is 16.5. The zero-order chi connectivity index (χ0) is 24.6. The van der Waals surface area contributed by atoms with Gasteiger partial charge in [0.2, 0.25) is 11.7 Å². The molecule has 0 bridgehead atoms. The molecule has 4 rings (SSSR count). The lowest BCUT2D eigenvalue weighted by atomic mass is 9.56. The lowest BCUT2D eigenvalue weighted by molar-refractivity contribution is -0.166. The number of phenolic OH excluding ortho intramolecular Hbond substituents is 2. The van der Waals surface area contributed by atoms with Gasteiger partial charge in [-0.15, -0.1) is 0 Å². The number of Topliss-reactive ketones (excluding diaryl/α,β-unsaturated/α-hetero) is 3. The van der Waals surface area contributed by atoms with Crippen LogP contribution in [0.2, 0.25) is 0 Å². The maximum atomic E-state index is 13.7. The van der Waals surface area contributed by atoms with E-state index in [4.69, 9.17) is 5.73 Å². The molecule has 1 unspecified atom stereocenters. The van der Waals surface area contributed by atoms with E-state index < -0.39 is 64.1 Å². The van der Waals surface area contributed by atoms with Crippen molar-refractivity contribution >= 4 is 34.0 Å². The molecule has 5 atom stereocenters. The largest absolute Gasteiger partial charge is 0.507 e. The lowest BCUT2D eigenvalue weighted by Crippen LogP contribution is -2.73. The van der Waals surface area contributed by atoms with Gasteiger partial charge in [-0.25, -0.2) is 0 Å². The Morgan fingerprint density at radius 2 is 1.82 bits per heavy atom. The molecule has 174 valence electrons. The average molecular weight is 457 g/mol. The van der Waals surface area contributed by atoms with Crippen LogP contribution in [-0.2, 0) is 14.4 Å². The van der Waals surface area contributed by atoms with Crippen LogP contribution >= 0.6 is 0 Å². The van der Waals surface area contributed by atoms with Crippen molar-refractivity contribution < 1.29 is 39.7 Å². The maximum Gasteiger partial charge on any atom is 0.235 e. The number of aliphatic hydroxyl groups is 1. The van der Waals surface area contributed by atoms with Gasteiger partial charge < -0.3 is 26.3 Å². The molecule has 0 radical (unpaired) electrons. The van der Waals surface area contributed by atoms with E-state index in [9.17, 15) is 39.7 Å². The van der Waals surface area contributed by atoms with E-state index in [2.05, 4.69) is 0 Å². The van der Waals surface area contributed by atoms with Crippen molar-refractivity contribution in [2.75, 3.05) is 14.1 Å². The third kappa shape index (κ3) is 2.70. The molecule has 1 amide bonds. The number of nitrogens with zero attached hydrogens (tertiary/aromatic N) is 1. The SMILES string of the molecule is Cc1c2c(c(O)c3c(O)cccc13)C(=O)[C@]1(O)C(=O)C(C(N)=O)C(=O)[C@@H](N(C)C)[C@@H]1[C@H]2NO. The van der Waals surface area contributed by atoms with Gasteiger partial charge in [-0.3, -0.25) is 24.1 Å². The van der Waals surface area contributed by atoms with Crippen molar-refractivity contribution in [3.63, 3.8) is 0 Å². The summed E-state index contributed by atoms with van der Waals surface area (Å²) in [7, 11) is 2.90. The normalized spacial score (nSPS) is 29.3. The number of ketones is 3. The zero-order valence-electron chi connectivity index (χ0n) is 18.0. The number of fused-ring (bicyclic) bond motifs is 3. The van der Waals surface area contributed by atoms with Crippen LogP contribution in [0.3, 0.4) is 0 Å². The number of carbonyl (C=O) groups excluding carboxylic acids is 4. The van der Waals surface area contributed by atoms with Gasteiger partial charge in [-0.2, -0.15) is 5.48 Å². The second kappa shape index (κ2) is 7.32. The molecule has 0 saturated heterocycles. The summed E-state index contributed by atoms with van der Waals surface area (Å²) in [6, 6.07) is 1.64. The van der Waals surface area contributed by atoms with Crippen LogP contribution in [0.4, 0.5) is 0 Å². The van der Waals surface area contributed by atoms with E-state index in [-0.39, 0.29) is 16.7 Å². The molecule has 0 aromatic heterocycles. The highest BCUT2D eigenvalue weighted by Gasteiger charge is 2.69. The van der Waals surface area contributed by atoms with Crippen LogP contribution in [0.15, 0.2) is 18.2 Å². The van der Waals surface area contributed by atoms with Crippen molar-refractivity contribution in [2.45, 2.75) is 24.6 Å². The first-order valence-electron chi connectivity index (χ1n) is 10.1. The van der Waals surface area contributed by atoms with E-state index in [0.29, 0.717) is 10.9 Å². The fourth-order valence-corrected chi connectivity index (χ4v) is 5.44. The molecule has 11 nitrogen and oxygen atoms in total. The summed E-state index contributed by atoms with van der Waals surface area (Å²) in [5.41, 5.74) is 4.21. The van der Waals surface area contributed by atoms with E-state index in [1.807, 2.05) is 5.48 Å². The third-order valence-corrected chi connectivity index (χ3v) is 6.85. The van der Waals surface area contributed by atoms with Gasteiger partial charge in [0.1, 0.15) is 11.5 Å². The minimum absolute atomic E-state index is 0.0535. The zero-order valence-corrected chi connectivity index (χ0v) is 18.0. The minimum Gasteiger partial charge on any atom is -0.507 e. The number of hydroxylamine groups is 1. The number of aryl methyl sites for hydroxylation is 1. The van der Waals surface area contributed by atoms with Gasteiger partial charge in [0.25, 0.3) is 0 Å². The molecule has 1 saturated carbocycles. The number of primary amides is 1. The number of likely N-dealkylation sites (N-methyl/N-ethyl adjacent to an activating group) is 1. The lowest BCUT2D eigenvalue weighted by Gasteiger charge is -2.51. The summed E-state index contributed by atoms with van der Waals surface area (Å²) in [5.74, 6) is -9.62. The van der Waals surface area contributed by atoms with Gasteiger partial charge in [-0.05, 0) is 43.6 Å². The first-order chi connectivity index (χ1) is 15.4. The Labute approximate surface area is 187 Å². The summed E-state index contributed by atoms with van der Waals surface area (Å²) in [6.45, 7) is 1.57. The molecule has 0 spiro atoms. The van der Waals surface area contributed by atoms with Crippen LogP contribution in [0.25, 0.3) is 10.8 Å². The summed E-state index contributed by atoms with van der Waals surface area (Å²) in [4.78, 5) is 53.4. The van der Waals surface area contributed by atoms with Crippen LogP contribution in [0, 0.1) is 18.8 Å². The summed E-state index contributed by atoms with van der Waals surface area (Å²) >= 11 is 0. The molecule has 2 aliphatic rings. The number of aromatic hydroxyl groups is 2. The molecule has 0 aliphatic heterocycles. The van der Waals surface area contributed by atoms with E-state index in [1.165, 1.54) is 31.1 Å². The number of carbonyl (C=O) groups is 4. The Balaban J connectivity index is 2.15. The quantitative estimate of drug-likeness (QED) is 0.254. The number of nitrogens with two attached hydrogens (primary N) is 1. The number of amides is 1. The Bertz CT molecular complexity index is 1260. The topological polar surface area (TPSA) is 190 Å². The number of nitrogens with one attached hydrogen (secondary N) is 1. The summed E-state index contributed by atoms with van der Waals surface area (Å²) < 4.78 is 0. The number of phenols is 2. The average Bonchev–Trinajstić information content (AvgIpc) is 2.73. The maximum absolute atomic E-state index is 13.7. The Kier molecular flexibility index (Phi) is 5.06. The second-order valence-corrected chi connectivity index (χ2v) is 8.70. The summed E-state index contributed by atoms with van der Waals surface area (Å²) in [5, 5.41) is 43.3. The van der Waals surface area contributed by atoms with Crippen LogP contribution < -0.4 is 11.2 Å². The van der Waals surface area contributed by atoms with E-state index in [1.54, 1.807) is 13.0 Å². The highest BCUT2D eigenvalue weighted by Crippen LogP contribution is 2.53. The van der Waals surface area contributed by atoms with Crippen LogP contribution in [0.1, 0.15) is 27.5 Å². The van der Waals surface area contributed by atoms with Gasteiger partial charge in [0.05, 0.1) is 23.0 Å². The fraction of sp³-hybridized carbons (Fsp3) is 0.364. The summed E-state index contributed by atoms with van der Waals surface area (Å²) in [6.07, 6.45) is 0. The van der Waals surface area contributed by atoms with E-state index >= 15 is 0 Å². The van der Waals surface area contributed by atoms with Crippen LogP contribution in [0.5, 0.6) is 11.5 Å². The molecular weight excluding hydrogens is 434 g/mol.